The number of anilines is 1. The monoisotopic (exact) mass is 428 g/mol. The average molecular weight is 428 g/mol. The number of aromatic nitrogens is 4. The first-order valence-electron chi connectivity index (χ1n) is 11.1. The Morgan fingerprint density at radius 2 is 1.84 bits per heavy atom. The number of rotatable bonds is 4. The number of hydrogen-bond donors (Lipinski definition) is 0. The van der Waals surface area contributed by atoms with Crippen LogP contribution in [0.15, 0.2) is 65.2 Å². The van der Waals surface area contributed by atoms with Crippen LogP contribution in [0, 0.1) is 0 Å². The van der Waals surface area contributed by atoms with E-state index < -0.39 is 0 Å². The third-order valence-electron chi connectivity index (χ3n) is 6.50. The van der Waals surface area contributed by atoms with Crippen LogP contribution in [0.1, 0.15) is 25.3 Å². The zero-order valence-electron chi connectivity index (χ0n) is 17.7. The van der Waals surface area contributed by atoms with Gasteiger partial charge in [0.25, 0.3) is 6.01 Å². The SMILES string of the molecule is O=C(C1CCCN1c1nc2ccccc2o1)N1CCC(n2cc(-c3ccccc3)nn2)C1. The summed E-state index contributed by atoms with van der Waals surface area (Å²) in [7, 11) is 0. The molecule has 4 heterocycles. The lowest BCUT2D eigenvalue weighted by Gasteiger charge is -2.26. The summed E-state index contributed by atoms with van der Waals surface area (Å²) < 4.78 is 7.86. The topological polar surface area (TPSA) is 80.3 Å². The average Bonchev–Trinajstić information content (AvgIpc) is 3.63. The number of carbonyl (C=O) groups is 1. The molecule has 0 spiro atoms. The van der Waals surface area contributed by atoms with Gasteiger partial charge < -0.3 is 14.2 Å². The van der Waals surface area contributed by atoms with E-state index >= 15 is 0 Å². The molecule has 0 bridgehead atoms. The van der Waals surface area contributed by atoms with Gasteiger partial charge in [0.1, 0.15) is 17.3 Å². The van der Waals surface area contributed by atoms with Gasteiger partial charge in [-0.2, -0.15) is 4.98 Å². The first-order chi connectivity index (χ1) is 15.8. The second-order valence-corrected chi connectivity index (χ2v) is 8.49. The molecule has 2 atom stereocenters. The summed E-state index contributed by atoms with van der Waals surface area (Å²) in [6.07, 6.45) is 4.63. The van der Waals surface area contributed by atoms with Gasteiger partial charge in [-0.15, -0.1) is 5.10 Å². The molecule has 32 heavy (non-hydrogen) atoms. The van der Waals surface area contributed by atoms with Crippen LogP contribution in [-0.4, -0.2) is 56.5 Å². The van der Waals surface area contributed by atoms with E-state index in [-0.39, 0.29) is 18.0 Å². The number of likely N-dealkylation sites (tertiary alicyclic amines) is 1. The molecule has 2 saturated heterocycles. The molecule has 2 aromatic carbocycles. The van der Waals surface area contributed by atoms with E-state index in [1.165, 1.54) is 0 Å². The van der Waals surface area contributed by atoms with Gasteiger partial charge >= 0.3 is 0 Å². The fourth-order valence-corrected chi connectivity index (χ4v) is 4.80. The molecule has 8 heteroatoms. The smallest absolute Gasteiger partial charge is 0.299 e. The standard InChI is InChI=1S/C24H24N6O2/c31-23(21-10-6-13-29(21)24-25-19-9-4-5-11-22(19)32-24)28-14-12-18(15-28)30-16-20(26-27-30)17-7-2-1-3-8-17/h1-5,7-9,11,16,18,21H,6,10,12-15H2. The summed E-state index contributed by atoms with van der Waals surface area (Å²) in [5, 5.41) is 8.68. The minimum absolute atomic E-state index is 0.142. The molecule has 162 valence electrons. The molecule has 0 aliphatic carbocycles. The minimum atomic E-state index is -0.225. The summed E-state index contributed by atoms with van der Waals surface area (Å²) >= 11 is 0. The highest BCUT2D eigenvalue weighted by atomic mass is 16.4. The maximum atomic E-state index is 13.4. The van der Waals surface area contributed by atoms with Crippen LogP contribution in [0.2, 0.25) is 0 Å². The van der Waals surface area contributed by atoms with Gasteiger partial charge in [-0.05, 0) is 31.4 Å². The van der Waals surface area contributed by atoms with E-state index in [1.54, 1.807) is 0 Å². The molecule has 4 aromatic rings. The van der Waals surface area contributed by atoms with E-state index in [0.717, 1.165) is 54.7 Å². The van der Waals surface area contributed by atoms with Gasteiger partial charge in [0, 0.05) is 25.2 Å². The van der Waals surface area contributed by atoms with E-state index in [4.69, 9.17) is 4.42 Å². The van der Waals surface area contributed by atoms with Gasteiger partial charge in [0.05, 0.1) is 12.2 Å². The van der Waals surface area contributed by atoms with Crippen LogP contribution in [-0.2, 0) is 4.79 Å². The summed E-state index contributed by atoms with van der Waals surface area (Å²) in [6.45, 7) is 2.15. The largest absolute Gasteiger partial charge is 0.423 e. The molecule has 0 N–H and O–H groups in total. The van der Waals surface area contributed by atoms with Gasteiger partial charge in [-0.1, -0.05) is 47.7 Å². The summed E-state index contributed by atoms with van der Waals surface area (Å²) in [6, 6.07) is 18.2. The quantitative estimate of drug-likeness (QED) is 0.495. The highest BCUT2D eigenvalue weighted by Gasteiger charge is 2.39. The predicted octanol–water partition coefficient (Wildman–Crippen LogP) is 3.53. The third-order valence-corrected chi connectivity index (χ3v) is 6.50. The van der Waals surface area contributed by atoms with Crippen molar-refractivity contribution in [3.05, 3.63) is 60.8 Å². The first kappa shape index (κ1) is 19.0. The van der Waals surface area contributed by atoms with Crippen LogP contribution in [0.25, 0.3) is 22.4 Å². The molecular weight excluding hydrogens is 404 g/mol. The number of amides is 1. The highest BCUT2D eigenvalue weighted by molar-refractivity contribution is 5.86. The van der Waals surface area contributed by atoms with E-state index in [0.29, 0.717) is 12.6 Å². The van der Waals surface area contributed by atoms with Gasteiger partial charge in [-0.3, -0.25) is 4.79 Å². The lowest BCUT2D eigenvalue weighted by Crippen LogP contribution is -2.45. The van der Waals surface area contributed by atoms with E-state index in [1.807, 2.05) is 75.3 Å². The van der Waals surface area contributed by atoms with Gasteiger partial charge in [0.15, 0.2) is 5.58 Å². The van der Waals surface area contributed by atoms with Crippen LogP contribution >= 0.6 is 0 Å². The molecule has 6 rings (SSSR count). The number of hydrogen-bond acceptors (Lipinski definition) is 6. The Labute approximate surface area is 185 Å². The number of oxazole rings is 1. The number of para-hydroxylation sites is 2. The Bertz CT molecular complexity index is 1220. The van der Waals surface area contributed by atoms with Crippen LogP contribution in [0.5, 0.6) is 0 Å². The summed E-state index contributed by atoms with van der Waals surface area (Å²) in [5.41, 5.74) is 3.47. The molecule has 2 aromatic heterocycles. The molecule has 2 aliphatic heterocycles. The second kappa shape index (κ2) is 7.78. The van der Waals surface area contributed by atoms with Crippen molar-refractivity contribution >= 4 is 23.0 Å². The number of benzene rings is 2. The van der Waals surface area contributed by atoms with Crippen molar-refractivity contribution in [2.24, 2.45) is 0 Å². The molecule has 8 nitrogen and oxygen atoms in total. The fourth-order valence-electron chi connectivity index (χ4n) is 4.80. The van der Waals surface area contributed by atoms with Crippen LogP contribution < -0.4 is 4.90 Å². The van der Waals surface area contributed by atoms with Gasteiger partial charge in [0.2, 0.25) is 5.91 Å². The Kier molecular flexibility index (Phi) is 4.63. The Balaban J connectivity index is 1.16. The minimum Gasteiger partial charge on any atom is -0.423 e. The van der Waals surface area contributed by atoms with Crippen LogP contribution in [0.3, 0.4) is 0 Å². The lowest BCUT2D eigenvalue weighted by molar-refractivity contribution is -0.131. The number of carbonyl (C=O) groups excluding carboxylic acids is 1. The normalized spacial score (nSPS) is 21.0. The number of fused-ring (bicyclic) bond motifs is 1. The molecule has 2 fully saturated rings. The van der Waals surface area contributed by atoms with Crippen molar-refractivity contribution < 1.29 is 9.21 Å². The number of nitrogens with zero attached hydrogens (tertiary/aromatic N) is 6. The third kappa shape index (κ3) is 3.32. The van der Waals surface area contributed by atoms with E-state index in [2.05, 4.69) is 15.3 Å². The maximum absolute atomic E-state index is 13.4. The summed E-state index contributed by atoms with van der Waals surface area (Å²) in [5.74, 6) is 0.149. The van der Waals surface area contributed by atoms with Crippen molar-refractivity contribution in [3.63, 3.8) is 0 Å². The Morgan fingerprint density at radius 1 is 1.00 bits per heavy atom. The van der Waals surface area contributed by atoms with E-state index in [9.17, 15) is 4.79 Å². The molecule has 2 aliphatic rings. The molecular formula is C24H24N6O2. The zero-order chi connectivity index (χ0) is 21.5. The van der Waals surface area contributed by atoms with Crippen molar-refractivity contribution in [3.8, 4) is 11.3 Å². The van der Waals surface area contributed by atoms with Crippen molar-refractivity contribution in [2.75, 3.05) is 24.5 Å². The molecule has 2 unspecified atom stereocenters. The molecule has 0 radical (unpaired) electrons. The fraction of sp³-hybridized carbons (Fsp3) is 0.333. The first-order valence-corrected chi connectivity index (χ1v) is 11.1. The van der Waals surface area contributed by atoms with Crippen molar-refractivity contribution in [2.45, 2.75) is 31.3 Å². The summed E-state index contributed by atoms with van der Waals surface area (Å²) in [4.78, 5) is 22.0. The second-order valence-electron chi connectivity index (χ2n) is 8.49. The molecule has 0 saturated carbocycles. The highest BCUT2D eigenvalue weighted by Crippen LogP contribution is 2.31. The maximum Gasteiger partial charge on any atom is 0.299 e. The van der Waals surface area contributed by atoms with Crippen LogP contribution in [0.4, 0.5) is 6.01 Å². The Hall–Kier alpha value is -3.68. The predicted molar refractivity (Wildman–Crippen MR) is 120 cm³/mol. The van der Waals surface area contributed by atoms with Crippen molar-refractivity contribution in [1.29, 1.82) is 0 Å². The Morgan fingerprint density at radius 3 is 2.72 bits per heavy atom. The van der Waals surface area contributed by atoms with Gasteiger partial charge in [-0.25, -0.2) is 4.68 Å². The zero-order valence-corrected chi connectivity index (χ0v) is 17.7. The lowest BCUT2D eigenvalue weighted by atomic mass is 10.2. The van der Waals surface area contributed by atoms with Crippen molar-refractivity contribution in [1.82, 2.24) is 24.9 Å². The molecule has 1 amide bonds.